The molecule has 0 radical (unpaired) electrons. The van der Waals surface area contributed by atoms with Crippen LogP contribution >= 0.6 is 0 Å². The summed E-state index contributed by atoms with van der Waals surface area (Å²) >= 11 is 0. The quantitative estimate of drug-likeness (QED) is 0.511. The van der Waals surface area contributed by atoms with Crippen molar-refractivity contribution in [1.29, 1.82) is 0 Å². The van der Waals surface area contributed by atoms with Crippen LogP contribution in [0.4, 0.5) is 11.4 Å². The Balaban J connectivity index is 2.34. The van der Waals surface area contributed by atoms with Gasteiger partial charge in [-0.05, 0) is 43.5 Å². The minimum atomic E-state index is -3.97. The van der Waals surface area contributed by atoms with Gasteiger partial charge in [-0.25, -0.2) is 8.42 Å². The molecule has 0 aliphatic carbocycles. The number of rotatable bonds is 10. The molecule has 1 amide bonds. The number of methoxy groups -OCH3 is 1. The first kappa shape index (κ1) is 24.5. The lowest BCUT2D eigenvalue weighted by atomic mass is 9.96. The molecule has 3 N–H and O–H groups in total. The maximum absolute atomic E-state index is 13.0. The van der Waals surface area contributed by atoms with Crippen LogP contribution in [0, 0.1) is 18.8 Å². The Kier molecular flexibility index (Phi) is 8.29. The molecule has 8 nitrogen and oxygen atoms in total. The highest BCUT2D eigenvalue weighted by molar-refractivity contribution is 7.92. The molecular formula is C22H30N2O6S. The van der Waals surface area contributed by atoms with Crippen LogP contribution in [-0.2, 0) is 14.8 Å². The van der Waals surface area contributed by atoms with Gasteiger partial charge in [0.05, 0.1) is 31.9 Å². The Bertz CT molecular complexity index is 1020. The van der Waals surface area contributed by atoms with Gasteiger partial charge in [0.1, 0.15) is 16.4 Å². The minimum Gasteiger partial charge on any atom is -0.496 e. The van der Waals surface area contributed by atoms with Crippen molar-refractivity contribution in [2.45, 2.75) is 32.6 Å². The largest absolute Gasteiger partial charge is 0.496 e. The molecule has 170 valence electrons. The van der Waals surface area contributed by atoms with Crippen LogP contribution in [0.15, 0.2) is 41.3 Å². The van der Waals surface area contributed by atoms with Gasteiger partial charge in [-0.3, -0.25) is 9.52 Å². The van der Waals surface area contributed by atoms with E-state index in [9.17, 15) is 18.3 Å². The first-order chi connectivity index (χ1) is 14.6. The van der Waals surface area contributed by atoms with Crippen molar-refractivity contribution in [3.05, 3.63) is 42.0 Å². The van der Waals surface area contributed by atoms with E-state index in [4.69, 9.17) is 9.47 Å². The van der Waals surface area contributed by atoms with Gasteiger partial charge in [0.15, 0.2) is 0 Å². The molecule has 0 heterocycles. The molecule has 0 spiro atoms. The van der Waals surface area contributed by atoms with E-state index < -0.39 is 15.9 Å². The van der Waals surface area contributed by atoms with Gasteiger partial charge in [0.2, 0.25) is 5.91 Å². The third kappa shape index (κ3) is 6.11. The summed E-state index contributed by atoms with van der Waals surface area (Å²) in [5, 5.41) is 12.2. The Morgan fingerprint density at radius 2 is 1.74 bits per heavy atom. The van der Waals surface area contributed by atoms with Crippen LogP contribution in [0.2, 0.25) is 0 Å². The molecule has 2 aromatic carbocycles. The number of hydrogen-bond acceptors (Lipinski definition) is 6. The first-order valence-corrected chi connectivity index (χ1v) is 11.5. The third-order valence-corrected chi connectivity index (χ3v) is 6.22. The molecule has 0 aromatic heterocycles. The lowest BCUT2D eigenvalue weighted by Gasteiger charge is -2.19. The summed E-state index contributed by atoms with van der Waals surface area (Å²) in [6.45, 7) is 7.24. The smallest absolute Gasteiger partial charge is 0.265 e. The zero-order chi connectivity index (χ0) is 23.2. The van der Waals surface area contributed by atoms with Crippen LogP contribution < -0.4 is 19.5 Å². The number of aryl methyl sites for hydroxylation is 1. The molecule has 1 atom stereocenters. The highest BCUT2D eigenvalue weighted by Gasteiger charge is 2.24. The van der Waals surface area contributed by atoms with Crippen molar-refractivity contribution in [2.75, 3.05) is 30.4 Å². The molecule has 0 bridgehead atoms. The van der Waals surface area contributed by atoms with Gasteiger partial charge in [-0.1, -0.05) is 19.9 Å². The fourth-order valence-corrected chi connectivity index (χ4v) is 4.18. The number of ether oxygens (including phenoxy) is 2. The molecule has 0 fully saturated rings. The van der Waals surface area contributed by atoms with Crippen molar-refractivity contribution in [3.63, 3.8) is 0 Å². The Morgan fingerprint density at radius 1 is 1.10 bits per heavy atom. The SMILES string of the molecule is CCOc1cc(NC(=O)C(CO)C(C)C)ccc1S(=O)(=O)Nc1ccc(C)c(OC)c1. The summed E-state index contributed by atoms with van der Waals surface area (Å²) < 4.78 is 39.3. The Morgan fingerprint density at radius 3 is 2.32 bits per heavy atom. The van der Waals surface area contributed by atoms with Gasteiger partial charge in [0.25, 0.3) is 10.0 Å². The molecule has 0 aliphatic rings. The van der Waals surface area contributed by atoms with Crippen molar-refractivity contribution < 1.29 is 27.8 Å². The van der Waals surface area contributed by atoms with E-state index in [1.54, 1.807) is 25.1 Å². The van der Waals surface area contributed by atoms with Crippen LogP contribution in [0.25, 0.3) is 0 Å². The maximum atomic E-state index is 13.0. The fourth-order valence-electron chi connectivity index (χ4n) is 3.00. The van der Waals surface area contributed by atoms with Crippen LogP contribution in [0.3, 0.4) is 0 Å². The molecule has 2 rings (SSSR count). The maximum Gasteiger partial charge on any atom is 0.265 e. The van der Waals surface area contributed by atoms with E-state index in [0.29, 0.717) is 17.1 Å². The zero-order valence-electron chi connectivity index (χ0n) is 18.4. The number of nitrogens with one attached hydrogen (secondary N) is 2. The van der Waals surface area contributed by atoms with E-state index in [1.165, 1.54) is 25.3 Å². The molecule has 0 aliphatic heterocycles. The number of carbonyl (C=O) groups is 1. The summed E-state index contributed by atoms with van der Waals surface area (Å²) in [7, 11) is -2.45. The Labute approximate surface area is 183 Å². The number of anilines is 2. The van der Waals surface area contributed by atoms with E-state index in [2.05, 4.69) is 10.0 Å². The van der Waals surface area contributed by atoms with Crippen molar-refractivity contribution in [2.24, 2.45) is 11.8 Å². The number of aliphatic hydroxyl groups excluding tert-OH is 1. The van der Waals surface area contributed by atoms with Crippen molar-refractivity contribution >= 4 is 27.3 Å². The average molecular weight is 451 g/mol. The van der Waals surface area contributed by atoms with E-state index in [0.717, 1.165) is 5.56 Å². The molecule has 1 unspecified atom stereocenters. The van der Waals surface area contributed by atoms with Crippen molar-refractivity contribution in [3.8, 4) is 11.5 Å². The second kappa shape index (κ2) is 10.5. The topological polar surface area (TPSA) is 114 Å². The normalized spacial score (nSPS) is 12.4. The van der Waals surface area contributed by atoms with Gasteiger partial charge < -0.3 is 19.9 Å². The number of sulfonamides is 1. The van der Waals surface area contributed by atoms with Crippen molar-refractivity contribution in [1.82, 2.24) is 0 Å². The van der Waals surface area contributed by atoms with E-state index in [-0.39, 0.29) is 35.7 Å². The molecule has 0 saturated heterocycles. The van der Waals surface area contributed by atoms with Gasteiger partial charge in [0, 0.05) is 17.8 Å². The number of benzene rings is 2. The lowest BCUT2D eigenvalue weighted by Crippen LogP contribution is -2.29. The minimum absolute atomic E-state index is 0.0493. The molecular weight excluding hydrogens is 420 g/mol. The molecule has 9 heteroatoms. The number of aliphatic hydroxyl groups is 1. The second-order valence-electron chi connectivity index (χ2n) is 7.41. The summed E-state index contributed by atoms with van der Waals surface area (Å²) in [6.07, 6.45) is 0. The lowest BCUT2D eigenvalue weighted by molar-refractivity contribution is -0.122. The van der Waals surface area contributed by atoms with Gasteiger partial charge in [-0.2, -0.15) is 0 Å². The Hall–Kier alpha value is -2.78. The predicted octanol–water partition coefficient (Wildman–Crippen LogP) is 3.41. The van der Waals surface area contributed by atoms with Gasteiger partial charge in [-0.15, -0.1) is 0 Å². The average Bonchev–Trinajstić information content (AvgIpc) is 2.69. The summed E-state index contributed by atoms with van der Waals surface area (Å²) in [4.78, 5) is 12.4. The summed E-state index contributed by atoms with van der Waals surface area (Å²) in [5.74, 6) is -0.298. The molecule has 31 heavy (non-hydrogen) atoms. The first-order valence-electron chi connectivity index (χ1n) is 9.99. The van der Waals surface area contributed by atoms with Crippen LogP contribution in [0.5, 0.6) is 11.5 Å². The zero-order valence-corrected chi connectivity index (χ0v) is 19.2. The predicted molar refractivity (Wildman–Crippen MR) is 120 cm³/mol. The van der Waals surface area contributed by atoms with E-state index in [1.807, 2.05) is 20.8 Å². The van der Waals surface area contributed by atoms with Gasteiger partial charge >= 0.3 is 0 Å². The summed E-state index contributed by atoms with van der Waals surface area (Å²) in [6, 6.07) is 9.32. The number of hydrogen-bond donors (Lipinski definition) is 3. The van der Waals surface area contributed by atoms with Crippen LogP contribution in [0.1, 0.15) is 26.3 Å². The fraction of sp³-hybridized carbons (Fsp3) is 0.409. The molecule has 2 aromatic rings. The monoisotopic (exact) mass is 450 g/mol. The van der Waals surface area contributed by atoms with E-state index >= 15 is 0 Å². The summed E-state index contributed by atoms with van der Waals surface area (Å²) in [5.41, 5.74) is 1.61. The number of amides is 1. The number of carbonyl (C=O) groups excluding carboxylic acids is 1. The van der Waals surface area contributed by atoms with Crippen LogP contribution in [-0.4, -0.2) is 39.8 Å². The standard InChI is InChI=1S/C22H30N2O6S/c1-6-30-20-11-16(23-22(26)18(13-25)14(2)3)9-10-21(20)31(27,28)24-17-8-7-15(4)19(12-17)29-5/h7-12,14,18,24-25H,6,13H2,1-5H3,(H,23,26). The molecule has 0 saturated carbocycles. The highest BCUT2D eigenvalue weighted by atomic mass is 32.2. The third-order valence-electron chi connectivity index (χ3n) is 4.80. The highest BCUT2D eigenvalue weighted by Crippen LogP contribution is 2.31. The second-order valence-corrected chi connectivity index (χ2v) is 9.06.